The van der Waals surface area contributed by atoms with Gasteiger partial charge in [-0.25, -0.2) is 0 Å². The summed E-state index contributed by atoms with van der Waals surface area (Å²) in [6, 6.07) is 2.05. The summed E-state index contributed by atoms with van der Waals surface area (Å²) in [4.78, 5) is 13.0. The molecule has 102 valence electrons. The zero-order valence-corrected chi connectivity index (χ0v) is 14.0. The SMILES string of the molecule is CC(CC(=O)NCc1cc(Br)cs1)CC(C)(C)C. The minimum Gasteiger partial charge on any atom is -0.351 e. The van der Waals surface area contributed by atoms with Gasteiger partial charge in [-0.3, -0.25) is 4.79 Å². The van der Waals surface area contributed by atoms with Crippen LogP contribution in [0, 0.1) is 11.3 Å². The van der Waals surface area contributed by atoms with Gasteiger partial charge in [-0.15, -0.1) is 11.3 Å². The summed E-state index contributed by atoms with van der Waals surface area (Å²) in [5.74, 6) is 0.580. The molecule has 0 aliphatic carbocycles. The minimum absolute atomic E-state index is 0.149. The van der Waals surface area contributed by atoms with Gasteiger partial charge in [-0.2, -0.15) is 0 Å². The van der Waals surface area contributed by atoms with Crippen LogP contribution < -0.4 is 5.32 Å². The van der Waals surface area contributed by atoms with Crippen LogP contribution in [-0.2, 0) is 11.3 Å². The van der Waals surface area contributed by atoms with E-state index in [2.05, 4.69) is 48.9 Å². The van der Waals surface area contributed by atoms with E-state index in [4.69, 9.17) is 0 Å². The topological polar surface area (TPSA) is 29.1 Å². The third-order valence-corrected chi connectivity index (χ3v) is 4.27. The van der Waals surface area contributed by atoms with Crippen LogP contribution in [0.5, 0.6) is 0 Å². The summed E-state index contributed by atoms with van der Waals surface area (Å²) in [6.07, 6.45) is 1.69. The molecule has 0 bridgehead atoms. The van der Waals surface area contributed by atoms with Crippen molar-refractivity contribution in [2.75, 3.05) is 0 Å². The first-order chi connectivity index (χ1) is 8.26. The number of halogens is 1. The second kappa shape index (κ2) is 6.71. The van der Waals surface area contributed by atoms with Crippen molar-refractivity contribution in [3.63, 3.8) is 0 Å². The van der Waals surface area contributed by atoms with Crippen molar-refractivity contribution in [3.8, 4) is 0 Å². The van der Waals surface area contributed by atoms with E-state index in [-0.39, 0.29) is 11.3 Å². The minimum atomic E-state index is 0.149. The predicted octanol–water partition coefficient (Wildman–Crippen LogP) is 4.59. The Hall–Kier alpha value is -0.350. The second-order valence-corrected chi connectivity index (χ2v) is 7.99. The van der Waals surface area contributed by atoms with Crippen LogP contribution in [0.4, 0.5) is 0 Å². The highest BCUT2D eigenvalue weighted by Gasteiger charge is 2.17. The molecular formula is C14H22BrNOS. The Labute approximate surface area is 122 Å². The molecule has 1 unspecified atom stereocenters. The van der Waals surface area contributed by atoms with Crippen LogP contribution >= 0.6 is 27.3 Å². The number of thiophene rings is 1. The molecule has 0 saturated carbocycles. The standard InChI is InChI=1S/C14H22BrNOS/c1-10(7-14(2,3)4)5-13(17)16-8-12-6-11(15)9-18-12/h6,9-10H,5,7-8H2,1-4H3,(H,16,17). The quantitative estimate of drug-likeness (QED) is 0.839. The predicted molar refractivity (Wildman–Crippen MR) is 81.7 cm³/mol. The Morgan fingerprint density at radius 2 is 2.17 bits per heavy atom. The molecule has 0 aliphatic rings. The maximum absolute atomic E-state index is 11.8. The fraction of sp³-hybridized carbons (Fsp3) is 0.643. The van der Waals surface area contributed by atoms with Crippen LogP contribution in [0.15, 0.2) is 15.9 Å². The van der Waals surface area contributed by atoms with Crippen LogP contribution in [0.2, 0.25) is 0 Å². The van der Waals surface area contributed by atoms with Gasteiger partial charge in [-0.1, -0.05) is 27.7 Å². The van der Waals surface area contributed by atoms with E-state index in [0.717, 1.165) is 10.9 Å². The van der Waals surface area contributed by atoms with Gasteiger partial charge in [0.2, 0.25) is 5.91 Å². The molecule has 1 aromatic rings. The van der Waals surface area contributed by atoms with Gasteiger partial charge in [0.25, 0.3) is 0 Å². The average molecular weight is 332 g/mol. The van der Waals surface area contributed by atoms with Gasteiger partial charge >= 0.3 is 0 Å². The van der Waals surface area contributed by atoms with Crippen LogP contribution in [0.3, 0.4) is 0 Å². The van der Waals surface area contributed by atoms with E-state index in [9.17, 15) is 4.79 Å². The third-order valence-electron chi connectivity index (χ3n) is 2.58. The van der Waals surface area contributed by atoms with Gasteiger partial charge in [-0.05, 0) is 39.8 Å². The zero-order chi connectivity index (χ0) is 13.8. The van der Waals surface area contributed by atoms with Crippen LogP contribution in [0.25, 0.3) is 0 Å². The van der Waals surface area contributed by atoms with Gasteiger partial charge in [0.1, 0.15) is 0 Å². The van der Waals surface area contributed by atoms with Crippen molar-refractivity contribution in [1.82, 2.24) is 5.32 Å². The molecular weight excluding hydrogens is 310 g/mol. The molecule has 2 nitrogen and oxygen atoms in total. The maximum Gasteiger partial charge on any atom is 0.220 e. The number of carbonyl (C=O) groups is 1. The Morgan fingerprint density at radius 1 is 1.50 bits per heavy atom. The molecule has 1 rings (SSSR count). The lowest BCUT2D eigenvalue weighted by Crippen LogP contribution is -2.25. The van der Waals surface area contributed by atoms with E-state index in [1.807, 2.05) is 11.4 Å². The van der Waals surface area contributed by atoms with Crippen molar-refractivity contribution >= 4 is 33.2 Å². The lowest BCUT2D eigenvalue weighted by atomic mass is 9.84. The summed E-state index contributed by atoms with van der Waals surface area (Å²) in [6.45, 7) is 9.42. The normalized spacial score (nSPS) is 13.4. The molecule has 0 fully saturated rings. The second-order valence-electron chi connectivity index (χ2n) is 6.08. The molecule has 1 heterocycles. The molecule has 1 N–H and O–H groups in total. The summed E-state index contributed by atoms with van der Waals surface area (Å²) >= 11 is 5.07. The van der Waals surface area contributed by atoms with Crippen molar-refractivity contribution in [3.05, 3.63) is 20.8 Å². The van der Waals surface area contributed by atoms with E-state index >= 15 is 0 Å². The number of hydrogen-bond donors (Lipinski definition) is 1. The Kier molecular flexibility index (Phi) is 5.86. The van der Waals surface area contributed by atoms with Gasteiger partial charge in [0, 0.05) is 21.2 Å². The van der Waals surface area contributed by atoms with Gasteiger partial charge < -0.3 is 5.32 Å². The third kappa shape index (κ3) is 6.55. The first-order valence-electron chi connectivity index (χ1n) is 6.26. The largest absolute Gasteiger partial charge is 0.351 e. The monoisotopic (exact) mass is 331 g/mol. The number of rotatable bonds is 5. The smallest absolute Gasteiger partial charge is 0.220 e. The van der Waals surface area contributed by atoms with Crippen LogP contribution in [0.1, 0.15) is 45.4 Å². The summed E-state index contributed by atoms with van der Waals surface area (Å²) in [5.41, 5.74) is 0.290. The van der Waals surface area contributed by atoms with Crippen molar-refractivity contribution in [2.45, 2.75) is 47.1 Å². The fourth-order valence-electron chi connectivity index (χ4n) is 2.14. The molecule has 0 radical (unpaired) electrons. The zero-order valence-electron chi connectivity index (χ0n) is 11.5. The molecule has 1 amide bonds. The highest BCUT2D eigenvalue weighted by Crippen LogP contribution is 2.26. The van der Waals surface area contributed by atoms with Crippen molar-refractivity contribution < 1.29 is 4.79 Å². The maximum atomic E-state index is 11.8. The number of carbonyl (C=O) groups excluding carboxylic acids is 1. The number of amides is 1. The fourth-order valence-corrected chi connectivity index (χ4v) is 3.53. The lowest BCUT2D eigenvalue weighted by molar-refractivity contribution is -0.122. The summed E-state index contributed by atoms with van der Waals surface area (Å²) in [7, 11) is 0. The molecule has 0 aliphatic heterocycles. The molecule has 18 heavy (non-hydrogen) atoms. The molecule has 1 atom stereocenters. The molecule has 1 aromatic heterocycles. The summed E-state index contributed by atoms with van der Waals surface area (Å²) in [5, 5.41) is 5.01. The Balaban J connectivity index is 2.29. The summed E-state index contributed by atoms with van der Waals surface area (Å²) < 4.78 is 1.08. The van der Waals surface area contributed by atoms with E-state index in [0.29, 0.717) is 18.9 Å². The highest BCUT2D eigenvalue weighted by molar-refractivity contribution is 9.10. The van der Waals surface area contributed by atoms with Gasteiger partial charge in [0.15, 0.2) is 0 Å². The first-order valence-corrected chi connectivity index (χ1v) is 7.93. The van der Waals surface area contributed by atoms with Gasteiger partial charge in [0.05, 0.1) is 6.54 Å². The highest BCUT2D eigenvalue weighted by atomic mass is 79.9. The average Bonchev–Trinajstić information content (AvgIpc) is 2.58. The molecule has 0 saturated heterocycles. The van der Waals surface area contributed by atoms with E-state index in [1.54, 1.807) is 11.3 Å². The number of nitrogens with one attached hydrogen (secondary N) is 1. The molecule has 0 aromatic carbocycles. The van der Waals surface area contributed by atoms with Crippen molar-refractivity contribution in [2.24, 2.45) is 11.3 Å². The first kappa shape index (κ1) is 15.7. The van der Waals surface area contributed by atoms with Crippen LogP contribution in [-0.4, -0.2) is 5.91 Å². The Bertz CT molecular complexity index is 395. The van der Waals surface area contributed by atoms with E-state index in [1.165, 1.54) is 4.88 Å². The number of hydrogen-bond acceptors (Lipinski definition) is 2. The molecule has 4 heteroatoms. The van der Waals surface area contributed by atoms with E-state index < -0.39 is 0 Å². The Morgan fingerprint density at radius 3 is 2.67 bits per heavy atom. The molecule has 0 spiro atoms. The lowest BCUT2D eigenvalue weighted by Gasteiger charge is -2.22. The van der Waals surface area contributed by atoms with Crippen molar-refractivity contribution in [1.29, 1.82) is 0 Å².